The van der Waals surface area contributed by atoms with Gasteiger partial charge in [-0.3, -0.25) is 4.79 Å². The third-order valence-corrected chi connectivity index (χ3v) is 4.45. The van der Waals surface area contributed by atoms with Crippen LogP contribution in [-0.4, -0.2) is 81.4 Å². The number of hydrogen-bond donors (Lipinski definition) is 1. The van der Waals surface area contributed by atoms with Crippen molar-refractivity contribution in [3.8, 4) is 49.4 Å². The summed E-state index contributed by atoms with van der Waals surface area (Å²) in [6.45, 7) is 0.501. The molecule has 0 spiro atoms. The van der Waals surface area contributed by atoms with Crippen molar-refractivity contribution < 1.29 is 38.3 Å². The van der Waals surface area contributed by atoms with Crippen LogP contribution in [0.3, 0.4) is 0 Å². The summed E-state index contributed by atoms with van der Waals surface area (Å²) in [6, 6.07) is 0. The van der Waals surface area contributed by atoms with Crippen molar-refractivity contribution in [1.29, 1.82) is 0 Å². The highest BCUT2D eigenvalue weighted by molar-refractivity contribution is 5.66. The monoisotopic (exact) mass is 446 g/mol. The SMILES string of the molecule is C#CCOC[C@H]1O[C@@H](OCCCCCC(=O)O)[C@H](OCC#C)[C@@H](OCC#C)[C@@H]1OCC#C. The highest BCUT2D eigenvalue weighted by atomic mass is 16.7. The standard InChI is InChI=1S/C24H30O8/c1-5-13-27-18-19-21(28-14-6-2)22(29-15-7-3)23(30-16-8-4)24(32-19)31-17-11-9-10-12-20(25)26/h1-4,19,21-24H,9-18H2,(H,25,26)/t19-,21-,22+,23-,24-/m1/s1. The summed E-state index contributed by atoms with van der Waals surface area (Å²) in [4.78, 5) is 10.6. The fourth-order valence-electron chi connectivity index (χ4n) is 3.14. The molecule has 1 rings (SSSR count). The van der Waals surface area contributed by atoms with Gasteiger partial charge >= 0.3 is 5.97 Å². The summed E-state index contributed by atoms with van der Waals surface area (Å²) < 4.78 is 34.9. The zero-order valence-corrected chi connectivity index (χ0v) is 18.1. The van der Waals surface area contributed by atoms with E-state index in [1.807, 2.05) is 0 Å². The first-order valence-electron chi connectivity index (χ1n) is 10.2. The van der Waals surface area contributed by atoms with Crippen molar-refractivity contribution in [2.75, 3.05) is 39.6 Å². The zero-order valence-electron chi connectivity index (χ0n) is 18.1. The maximum Gasteiger partial charge on any atom is 0.303 e. The van der Waals surface area contributed by atoms with Crippen molar-refractivity contribution in [1.82, 2.24) is 0 Å². The fraction of sp³-hybridized carbons (Fsp3) is 0.625. The second-order valence-corrected chi connectivity index (χ2v) is 6.78. The lowest BCUT2D eigenvalue weighted by Gasteiger charge is -2.45. The van der Waals surface area contributed by atoms with Gasteiger partial charge in [0.1, 0.15) is 50.8 Å². The Hall–Kier alpha value is -2.53. The van der Waals surface area contributed by atoms with E-state index in [-0.39, 0.29) is 39.5 Å². The number of terminal acetylenes is 4. The number of rotatable bonds is 16. The molecule has 1 fully saturated rings. The van der Waals surface area contributed by atoms with Gasteiger partial charge in [-0.25, -0.2) is 0 Å². The predicted molar refractivity (Wildman–Crippen MR) is 116 cm³/mol. The Bertz CT molecular complexity index is 707. The van der Waals surface area contributed by atoms with Gasteiger partial charge in [0, 0.05) is 13.0 Å². The molecule has 8 nitrogen and oxygen atoms in total. The van der Waals surface area contributed by atoms with E-state index in [9.17, 15) is 4.79 Å². The maximum atomic E-state index is 10.6. The van der Waals surface area contributed by atoms with Crippen LogP contribution in [0.1, 0.15) is 25.7 Å². The van der Waals surface area contributed by atoms with Crippen LogP contribution in [0.25, 0.3) is 0 Å². The molecule has 32 heavy (non-hydrogen) atoms. The molecule has 0 aliphatic carbocycles. The highest BCUT2D eigenvalue weighted by Gasteiger charge is 2.48. The zero-order chi connectivity index (χ0) is 23.6. The van der Waals surface area contributed by atoms with Crippen LogP contribution in [-0.2, 0) is 33.2 Å². The lowest BCUT2D eigenvalue weighted by molar-refractivity contribution is -0.319. The van der Waals surface area contributed by atoms with Gasteiger partial charge in [0.15, 0.2) is 6.29 Å². The summed E-state index contributed by atoms with van der Waals surface area (Å²) in [5.74, 6) is 8.82. The lowest BCUT2D eigenvalue weighted by atomic mass is 9.98. The first-order valence-corrected chi connectivity index (χ1v) is 10.2. The minimum absolute atomic E-state index is 0.00364. The van der Waals surface area contributed by atoms with Gasteiger partial charge in [0.05, 0.1) is 6.61 Å². The fourth-order valence-corrected chi connectivity index (χ4v) is 3.14. The molecule has 8 heteroatoms. The normalized spacial score (nSPS) is 24.6. The van der Waals surface area contributed by atoms with Gasteiger partial charge < -0.3 is 33.5 Å². The van der Waals surface area contributed by atoms with Gasteiger partial charge in [-0.15, -0.1) is 25.7 Å². The molecule has 0 bridgehead atoms. The highest BCUT2D eigenvalue weighted by Crippen LogP contribution is 2.29. The average molecular weight is 446 g/mol. The van der Waals surface area contributed by atoms with Crippen molar-refractivity contribution in [2.45, 2.75) is 56.4 Å². The van der Waals surface area contributed by atoms with Gasteiger partial charge in [-0.05, 0) is 12.8 Å². The average Bonchev–Trinajstić information content (AvgIpc) is 2.78. The number of carboxylic acid groups (broad SMARTS) is 1. The van der Waals surface area contributed by atoms with Gasteiger partial charge in [-0.1, -0.05) is 30.1 Å². The molecular weight excluding hydrogens is 416 g/mol. The minimum atomic E-state index is -0.851. The number of carbonyl (C=O) groups is 1. The molecule has 0 saturated carbocycles. The second-order valence-electron chi connectivity index (χ2n) is 6.78. The van der Waals surface area contributed by atoms with Crippen molar-refractivity contribution in [3.05, 3.63) is 0 Å². The van der Waals surface area contributed by atoms with Crippen LogP contribution in [0.4, 0.5) is 0 Å². The Morgan fingerprint density at radius 1 is 0.781 bits per heavy atom. The van der Waals surface area contributed by atoms with E-state index >= 15 is 0 Å². The predicted octanol–water partition coefficient (Wildman–Crippen LogP) is 1.08. The summed E-state index contributed by atoms with van der Waals surface area (Å²) in [5, 5.41) is 8.74. The molecular formula is C24H30O8. The van der Waals surface area contributed by atoms with E-state index in [0.717, 1.165) is 0 Å². The summed E-state index contributed by atoms with van der Waals surface area (Å²) >= 11 is 0. The molecule has 0 aromatic rings. The summed E-state index contributed by atoms with van der Waals surface area (Å²) in [7, 11) is 0. The molecule has 174 valence electrons. The number of carboxylic acids is 1. The van der Waals surface area contributed by atoms with Crippen molar-refractivity contribution in [2.24, 2.45) is 0 Å². The van der Waals surface area contributed by atoms with Crippen LogP contribution in [0, 0.1) is 49.4 Å². The van der Waals surface area contributed by atoms with E-state index in [4.69, 9.17) is 59.2 Å². The molecule has 0 amide bonds. The molecule has 0 aromatic carbocycles. The van der Waals surface area contributed by atoms with Crippen molar-refractivity contribution >= 4 is 5.97 Å². The Labute approximate surface area is 190 Å². The van der Waals surface area contributed by atoms with Crippen LogP contribution < -0.4 is 0 Å². The topological polar surface area (TPSA) is 92.7 Å². The molecule has 1 N–H and O–H groups in total. The minimum Gasteiger partial charge on any atom is -0.481 e. The first-order chi connectivity index (χ1) is 15.6. The lowest BCUT2D eigenvalue weighted by Crippen LogP contribution is -2.62. The van der Waals surface area contributed by atoms with Crippen LogP contribution in [0.15, 0.2) is 0 Å². The summed E-state index contributed by atoms with van der Waals surface area (Å²) in [5.41, 5.74) is 0. The molecule has 1 aliphatic heterocycles. The van der Waals surface area contributed by atoms with E-state index in [1.165, 1.54) is 0 Å². The number of hydrogen-bond acceptors (Lipinski definition) is 7. The van der Waals surface area contributed by atoms with Crippen LogP contribution in [0.2, 0.25) is 0 Å². The maximum absolute atomic E-state index is 10.6. The smallest absolute Gasteiger partial charge is 0.303 e. The van der Waals surface area contributed by atoms with Crippen LogP contribution >= 0.6 is 0 Å². The molecule has 1 saturated heterocycles. The van der Waals surface area contributed by atoms with E-state index in [1.54, 1.807) is 0 Å². The van der Waals surface area contributed by atoms with Gasteiger partial charge in [-0.2, -0.15) is 0 Å². The van der Waals surface area contributed by atoms with E-state index in [2.05, 4.69) is 23.7 Å². The van der Waals surface area contributed by atoms with Crippen molar-refractivity contribution in [3.63, 3.8) is 0 Å². The number of aliphatic carboxylic acids is 1. The third kappa shape index (κ3) is 10.2. The second kappa shape index (κ2) is 17.1. The van der Waals surface area contributed by atoms with Gasteiger partial charge in [0.25, 0.3) is 0 Å². The Morgan fingerprint density at radius 2 is 1.38 bits per heavy atom. The van der Waals surface area contributed by atoms with Gasteiger partial charge in [0.2, 0.25) is 0 Å². The largest absolute Gasteiger partial charge is 0.481 e. The Morgan fingerprint density at radius 3 is 1.97 bits per heavy atom. The van der Waals surface area contributed by atoms with Crippen LogP contribution in [0.5, 0.6) is 0 Å². The molecule has 0 radical (unpaired) electrons. The molecule has 1 heterocycles. The Balaban J connectivity index is 2.95. The third-order valence-electron chi connectivity index (χ3n) is 4.45. The molecule has 5 atom stereocenters. The first kappa shape index (κ1) is 27.5. The number of ether oxygens (including phenoxy) is 6. The summed E-state index contributed by atoms with van der Waals surface area (Å²) in [6.07, 6.45) is 19.8. The van der Waals surface area contributed by atoms with E-state index in [0.29, 0.717) is 25.9 Å². The number of unbranched alkanes of at least 4 members (excludes halogenated alkanes) is 2. The quantitative estimate of drug-likeness (QED) is 0.278. The molecule has 0 aromatic heterocycles. The Kier molecular flexibility index (Phi) is 14.7. The molecule has 1 aliphatic rings. The molecule has 0 unspecified atom stereocenters. The van der Waals surface area contributed by atoms with E-state index < -0.39 is 36.7 Å².